The summed E-state index contributed by atoms with van der Waals surface area (Å²) in [5.41, 5.74) is 2.79. The van der Waals surface area contributed by atoms with E-state index in [9.17, 15) is 4.79 Å². The van der Waals surface area contributed by atoms with E-state index < -0.39 is 0 Å². The Balaban J connectivity index is 1.68. The van der Waals surface area contributed by atoms with Gasteiger partial charge < -0.3 is 4.90 Å². The lowest BCUT2D eigenvalue weighted by molar-refractivity contribution is 0.0997. The SMILES string of the molecule is Cc1nn(Cc2ccccc2Cl)c2sc(C(=O)N(C)c3ccccc3)cc12. The molecule has 0 aliphatic rings. The molecule has 2 aromatic carbocycles. The summed E-state index contributed by atoms with van der Waals surface area (Å²) in [5.74, 6) is -0.0221. The van der Waals surface area contributed by atoms with Crippen molar-refractivity contribution in [1.29, 1.82) is 0 Å². The number of anilines is 1. The van der Waals surface area contributed by atoms with E-state index in [1.165, 1.54) is 11.3 Å². The van der Waals surface area contributed by atoms with Gasteiger partial charge in [-0.05, 0) is 36.8 Å². The molecule has 6 heteroatoms. The lowest BCUT2D eigenvalue weighted by atomic mass is 10.2. The first-order chi connectivity index (χ1) is 13.0. The van der Waals surface area contributed by atoms with Crippen LogP contribution in [-0.2, 0) is 6.54 Å². The van der Waals surface area contributed by atoms with Crippen LogP contribution >= 0.6 is 22.9 Å². The van der Waals surface area contributed by atoms with E-state index in [0.29, 0.717) is 11.4 Å². The second kappa shape index (κ2) is 7.18. The number of carbonyl (C=O) groups is 1. The topological polar surface area (TPSA) is 38.1 Å². The van der Waals surface area contributed by atoms with Gasteiger partial charge in [-0.2, -0.15) is 5.10 Å². The van der Waals surface area contributed by atoms with Crippen molar-refractivity contribution in [3.63, 3.8) is 0 Å². The number of aryl methyl sites for hydroxylation is 1. The van der Waals surface area contributed by atoms with Gasteiger partial charge in [0, 0.05) is 23.1 Å². The number of nitrogens with zero attached hydrogens (tertiary/aromatic N) is 3. The van der Waals surface area contributed by atoms with E-state index in [1.807, 2.05) is 72.3 Å². The lowest BCUT2D eigenvalue weighted by Crippen LogP contribution is -2.25. The zero-order valence-electron chi connectivity index (χ0n) is 15.0. The van der Waals surface area contributed by atoms with E-state index in [1.54, 1.807) is 11.9 Å². The summed E-state index contributed by atoms with van der Waals surface area (Å²) in [5, 5.41) is 6.36. The zero-order chi connectivity index (χ0) is 19.0. The van der Waals surface area contributed by atoms with Gasteiger partial charge in [0.15, 0.2) is 0 Å². The van der Waals surface area contributed by atoms with Crippen molar-refractivity contribution in [1.82, 2.24) is 9.78 Å². The summed E-state index contributed by atoms with van der Waals surface area (Å²) in [4.78, 5) is 16.3. The maximum absolute atomic E-state index is 12.9. The Bertz CT molecular complexity index is 1120. The first-order valence-electron chi connectivity index (χ1n) is 8.58. The first kappa shape index (κ1) is 17.8. The Kier molecular flexibility index (Phi) is 4.72. The van der Waals surface area contributed by atoms with E-state index in [4.69, 9.17) is 11.6 Å². The number of aromatic nitrogens is 2. The maximum Gasteiger partial charge on any atom is 0.268 e. The zero-order valence-corrected chi connectivity index (χ0v) is 16.6. The fourth-order valence-electron chi connectivity index (χ4n) is 3.05. The average Bonchev–Trinajstić information content (AvgIpc) is 3.24. The molecular weight excluding hydrogens is 378 g/mol. The van der Waals surface area contributed by atoms with Crippen molar-refractivity contribution in [3.8, 4) is 0 Å². The highest BCUT2D eigenvalue weighted by Gasteiger charge is 2.20. The summed E-state index contributed by atoms with van der Waals surface area (Å²) in [7, 11) is 1.80. The largest absolute Gasteiger partial charge is 0.311 e. The number of hydrogen-bond donors (Lipinski definition) is 0. The van der Waals surface area contributed by atoms with Gasteiger partial charge in [-0.3, -0.25) is 9.48 Å². The van der Waals surface area contributed by atoms with E-state index >= 15 is 0 Å². The Morgan fingerprint density at radius 3 is 2.59 bits per heavy atom. The van der Waals surface area contributed by atoms with Crippen molar-refractivity contribution < 1.29 is 4.79 Å². The standard InChI is InChI=1S/C21H18ClN3OS/c1-14-17-12-19(20(26)24(2)16-9-4-3-5-10-16)27-21(17)25(23-14)13-15-8-6-7-11-18(15)22/h3-12H,13H2,1-2H3. The quantitative estimate of drug-likeness (QED) is 0.465. The Morgan fingerprint density at radius 1 is 1.15 bits per heavy atom. The summed E-state index contributed by atoms with van der Waals surface area (Å²) in [6, 6.07) is 19.3. The Hall–Kier alpha value is -2.63. The van der Waals surface area contributed by atoms with Crippen LogP contribution in [0, 0.1) is 6.92 Å². The summed E-state index contributed by atoms with van der Waals surface area (Å²) in [6.45, 7) is 2.54. The molecule has 136 valence electrons. The third kappa shape index (κ3) is 3.36. The number of rotatable bonds is 4. The predicted molar refractivity (Wildman–Crippen MR) is 112 cm³/mol. The number of amides is 1. The fourth-order valence-corrected chi connectivity index (χ4v) is 4.38. The minimum absolute atomic E-state index is 0.0221. The second-order valence-corrected chi connectivity index (χ2v) is 7.80. The third-order valence-corrected chi connectivity index (χ3v) is 6.05. The molecular formula is C21H18ClN3OS. The van der Waals surface area contributed by atoms with Crippen LogP contribution in [0.25, 0.3) is 10.2 Å². The van der Waals surface area contributed by atoms with Crippen LogP contribution in [0.1, 0.15) is 20.9 Å². The van der Waals surface area contributed by atoms with Crippen LogP contribution in [0.15, 0.2) is 60.7 Å². The normalized spacial score (nSPS) is 11.1. The molecule has 2 heterocycles. The van der Waals surface area contributed by atoms with Crippen LogP contribution in [0.5, 0.6) is 0 Å². The van der Waals surface area contributed by atoms with Gasteiger partial charge >= 0.3 is 0 Å². The highest BCUT2D eigenvalue weighted by atomic mass is 35.5. The molecule has 4 nitrogen and oxygen atoms in total. The van der Waals surface area contributed by atoms with Crippen LogP contribution < -0.4 is 4.90 Å². The van der Waals surface area contributed by atoms with Gasteiger partial charge in [0.1, 0.15) is 4.83 Å². The van der Waals surface area contributed by atoms with Gasteiger partial charge in [-0.15, -0.1) is 11.3 Å². The lowest BCUT2D eigenvalue weighted by Gasteiger charge is -2.16. The van der Waals surface area contributed by atoms with Gasteiger partial charge in [0.25, 0.3) is 5.91 Å². The molecule has 0 atom stereocenters. The van der Waals surface area contributed by atoms with E-state index in [-0.39, 0.29) is 5.91 Å². The van der Waals surface area contributed by atoms with Crippen molar-refractivity contribution in [2.24, 2.45) is 0 Å². The van der Waals surface area contributed by atoms with Crippen molar-refractivity contribution in [3.05, 3.63) is 81.8 Å². The summed E-state index contributed by atoms with van der Waals surface area (Å²) >= 11 is 7.77. The molecule has 1 amide bonds. The van der Waals surface area contributed by atoms with Crippen LogP contribution in [0.2, 0.25) is 5.02 Å². The number of halogens is 1. The second-order valence-electron chi connectivity index (χ2n) is 6.36. The average molecular weight is 396 g/mol. The molecule has 0 aliphatic carbocycles. The molecule has 0 radical (unpaired) electrons. The molecule has 0 bridgehead atoms. The molecule has 4 rings (SSSR count). The monoisotopic (exact) mass is 395 g/mol. The molecule has 0 saturated heterocycles. The number of para-hydroxylation sites is 1. The minimum Gasteiger partial charge on any atom is -0.311 e. The fraction of sp³-hybridized carbons (Fsp3) is 0.143. The summed E-state index contributed by atoms with van der Waals surface area (Å²) in [6.07, 6.45) is 0. The number of carbonyl (C=O) groups excluding carboxylic acids is 1. The van der Waals surface area contributed by atoms with Crippen molar-refractivity contribution >= 4 is 44.7 Å². The Morgan fingerprint density at radius 2 is 1.85 bits per heavy atom. The molecule has 0 unspecified atom stereocenters. The smallest absolute Gasteiger partial charge is 0.268 e. The molecule has 0 aliphatic heterocycles. The number of fused-ring (bicyclic) bond motifs is 1. The third-order valence-electron chi connectivity index (χ3n) is 4.54. The number of thiophene rings is 1. The van der Waals surface area contributed by atoms with Crippen molar-refractivity contribution in [2.45, 2.75) is 13.5 Å². The van der Waals surface area contributed by atoms with Gasteiger partial charge in [-0.1, -0.05) is 48.0 Å². The minimum atomic E-state index is -0.0221. The van der Waals surface area contributed by atoms with E-state index in [2.05, 4.69) is 5.10 Å². The predicted octanol–water partition coefficient (Wildman–Crippen LogP) is 5.38. The molecule has 4 aromatic rings. The van der Waals surface area contributed by atoms with Gasteiger partial charge in [0.05, 0.1) is 17.1 Å². The number of hydrogen-bond acceptors (Lipinski definition) is 3. The molecule has 0 saturated carbocycles. The molecule has 0 N–H and O–H groups in total. The Labute approximate surface area is 166 Å². The number of benzene rings is 2. The van der Waals surface area contributed by atoms with Gasteiger partial charge in [-0.25, -0.2) is 0 Å². The maximum atomic E-state index is 12.9. The molecule has 2 aromatic heterocycles. The highest BCUT2D eigenvalue weighted by molar-refractivity contribution is 7.20. The van der Waals surface area contributed by atoms with Crippen LogP contribution in [0.3, 0.4) is 0 Å². The van der Waals surface area contributed by atoms with Gasteiger partial charge in [0.2, 0.25) is 0 Å². The first-order valence-corrected chi connectivity index (χ1v) is 9.77. The van der Waals surface area contributed by atoms with Crippen LogP contribution in [-0.4, -0.2) is 22.7 Å². The molecule has 27 heavy (non-hydrogen) atoms. The molecule has 0 fully saturated rings. The van der Waals surface area contributed by atoms with E-state index in [0.717, 1.165) is 32.2 Å². The summed E-state index contributed by atoms with van der Waals surface area (Å²) < 4.78 is 1.93. The highest BCUT2D eigenvalue weighted by Crippen LogP contribution is 2.31. The molecule has 0 spiro atoms. The van der Waals surface area contributed by atoms with Crippen LogP contribution in [0.4, 0.5) is 5.69 Å². The van der Waals surface area contributed by atoms with Crippen molar-refractivity contribution in [2.75, 3.05) is 11.9 Å².